The van der Waals surface area contributed by atoms with Gasteiger partial charge in [-0.2, -0.15) is 11.3 Å². The third-order valence-electron chi connectivity index (χ3n) is 2.94. The van der Waals surface area contributed by atoms with Crippen LogP contribution in [0.3, 0.4) is 0 Å². The van der Waals surface area contributed by atoms with Crippen molar-refractivity contribution in [2.24, 2.45) is 0 Å². The van der Waals surface area contributed by atoms with E-state index in [0.29, 0.717) is 5.69 Å². The Morgan fingerprint density at radius 2 is 2.38 bits per heavy atom. The van der Waals surface area contributed by atoms with Crippen LogP contribution in [0.1, 0.15) is 18.0 Å². The number of hydrogen-bond acceptors (Lipinski definition) is 6. The maximum absolute atomic E-state index is 12.2. The van der Waals surface area contributed by atoms with Crippen molar-refractivity contribution in [1.82, 2.24) is 25.2 Å². The molecule has 3 rings (SSSR count). The van der Waals surface area contributed by atoms with Gasteiger partial charge in [0.05, 0.1) is 24.3 Å². The number of aromatic nitrogens is 5. The van der Waals surface area contributed by atoms with Crippen LogP contribution in [0.2, 0.25) is 0 Å². The predicted molar refractivity (Wildman–Crippen MR) is 77.8 cm³/mol. The Kier molecular flexibility index (Phi) is 3.97. The lowest BCUT2D eigenvalue weighted by atomic mass is 10.1. The van der Waals surface area contributed by atoms with E-state index in [2.05, 4.69) is 25.8 Å². The van der Waals surface area contributed by atoms with Gasteiger partial charge < -0.3 is 5.32 Å². The Balaban J connectivity index is 1.75. The standard InChI is InChI=1S/C13H12N6OS/c20-13(16-11-2-1-4-14-7-11)6-12(10-3-5-21-8-10)19-9-15-17-18-19/h1-5,7-9,12H,6H2,(H,16,20)/t12-/m0/s1. The van der Waals surface area contributed by atoms with E-state index in [0.717, 1.165) is 5.56 Å². The van der Waals surface area contributed by atoms with Crippen LogP contribution in [0, 0.1) is 0 Å². The van der Waals surface area contributed by atoms with E-state index in [1.54, 1.807) is 40.5 Å². The number of carbonyl (C=O) groups excluding carboxylic acids is 1. The molecule has 0 unspecified atom stereocenters. The van der Waals surface area contributed by atoms with Crippen molar-refractivity contribution in [1.29, 1.82) is 0 Å². The monoisotopic (exact) mass is 300 g/mol. The minimum atomic E-state index is -0.220. The highest BCUT2D eigenvalue weighted by molar-refractivity contribution is 7.07. The quantitative estimate of drug-likeness (QED) is 0.776. The summed E-state index contributed by atoms with van der Waals surface area (Å²) in [6, 6.07) is 5.31. The minimum Gasteiger partial charge on any atom is -0.325 e. The molecule has 1 N–H and O–H groups in total. The molecule has 0 spiro atoms. The molecule has 0 aromatic carbocycles. The fourth-order valence-corrected chi connectivity index (χ4v) is 2.67. The van der Waals surface area contributed by atoms with Crippen LogP contribution in [0.25, 0.3) is 0 Å². The van der Waals surface area contributed by atoms with E-state index in [1.807, 2.05) is 16.8 Å². The van der Waals surface area contributed by atoms with E-state index in [9.17, 15) is 4.79 Å². The molecule has 1 amide bonds. The van der Waals surface area contributed by atoms with Gasteiger partial charge in [0.2, 0.25) is 5.91 Å². The number of rotatable bonds is 5. The highest BCUT2D eigenvalue weighted by Gasteiger charge is 2.19. The summed E-state index contributed by atoms with van der Waals surface area (Å²) in [5.74, 6) is -0.116. The molecular formula is C13H12N6OS. The second kappa shape index (κ2) is 6.23. The first-order valence-electron chi connectivity index (χ1n) is 6.27. The summed E-state index contributed by atoms with van der Waals surface area (Å²) in [5.41, 5.74) is 1.68. The van der Waals surface area contributed by atoms with E-state index >= 15 is 0 Å². The third kappa shape index (κ3) is 3.29. The zero-order valence-electron chi connectivity index (χ0n) is 11.0. The van der Waals surface area contributed by atoms with E-state index in [-0.39, 0.29) is 18.4 Å². The van der Waals surface area contributed by atoms with Gasteiger partial charge in [-0.1, -0.05) is 0 Å². The summed E-state index contributed by atoms with van der Waals surface area (Å²) in [6.07, 6.45) is 5.02. The first-order valence-corrected chi connectivity index (χ1v) is 7.21. The van der Waals surface area contributed by atoms with Crippen LogP contribution in [0.4, 0.5) is 5.69 Å². The molecule has 0 fully saturated rings. The van der Waals surface area contributed by atoms with Gasteiger partial charge in [-0.05, 0) is 44.9 Å². The molecule has 106 valence electrons. The molecule has 21 heavy (non-hydrogen) atoms. The average Bonchev–Trinajstić information content (AvgIpc) is 3.19. The lowest BCUT2D eigenvalue weighted by Gasteiger charge is -2.14. The largest absolute Gasteiger partial charge is 0.325 e. The topological polar surface area (TPSA) is 85.6 Å². The van der Waals surface area contributed by atoms with Crippen LogP contribution < -0.4 is 5.32 Å². The molecular weight excluding hydrogens is 288 g/mol. The van der Waals surface area contributed by atoms with Crippen molar-refractivity contribution < 1.29 is 4.79 Å². The van der Waals surface area contributed by atoms with Crippen molar-refractivity contribution in [3.05, 3.63) is 53.2 Å². The van der Waals surface area contributed by atoms with Crippen LogP contribution in [-0.2, 0) is 4.79 Å². The number of nitrogens with one attached hydrogen (secondary N) is 1. The molecule has 8 heteroatoms. The second-order valence-electron chi connectivity index (χ2n) is 4.36. The predicted octanol–water partition coefficient (Wildman–Crippen LogP) is 1.75. The highest BCUT2D eigenvalue weighted by Crippen LogP contribution is 2.23. The zero-order valence-corrected chi connectivity index (χ0v) is 11.8. The number of tetrazole rings is 1. The average molecular weight is 300 g/mol. The minimum absolute atomic E-state index is 0.116. The molecule has 0 aliphatic rings. The zero-order chi connectivity index (χ0) is 14.5. The van der Waals surface area contributed by atoms with Gasteiger partial charge in [0.25, 0.3) is 0 Å². The normalized spacial score (nSPS) is 12.0. The van der Waals surface area contributed by atoms with Crippen molar-refractivity contribution in [2.45, 2.75) is 12.5 Å². The Labute approximate surface area is 124 Å². The number of hydrogen-bond donors (Lipinski definition) is 1. The molecule has 3 heterocycles. The summed E-state index contributed by atoms with van der Waals surface area (Å²) >= 11 is 1.57. The Morgan fingerprint density at radius 1 is 1.43 bits per heavy atom. The number of carbonyl (C=O) groups is 1. The Hall–Kier alpha value is -2.61. The van der Waals surface area contributed by atoms with E-state index in [4.69, 9.17) is 0 Å². The van der Waals surface area contributed by atoms with Crippen LogP contribution >= 0.6 is 11.3 Å². The number of thiophene rings is 1. The molecule has 0 bridgehead atoms. The Bertz CT molecular complexity index is 649. The highest BCUT2D eigenvalue weighted by atomic mass is 32.1. The molecule has 0 aliphatic heterocycles. The van der Waals surface area contributed by atoms with Gasteiger partial charge in [-0.25, -0.2) is 4.68 Å². The van der Waals surface area contributed by atoms with Gasteiger partial charge in [-0.15, -0.1) is 5.10 Å². The summed E-state index contributed by atoms with van der Waals surface area (Å²) < 4.78 is 1.59. The molecule has 0 radical (unpaired) electrons. The van der Waals surface area contributed by atoms with E-state index < -0.39 is 0 Å². The summed E-state index contributed by atoms with van der Waals surface area (Å²) in [7, 11) is 0. The van der Waals surface area contributed by atoms with Crippen molar-refractivity contribution in [3.8, 4) is 0 Å². The lowest BCUT2D eigenvalue weighted by molar-refractivity contribution is -0.116. The van der Waals surface area contributed by atoms with Crippen LogP contribution in [0.5, 0.6) is 0 Å². The summed E-state index contributed by atoms with van der Waals surface area (Å²) in [5, 5.41) is 17.9. The van der Waals surface area contributed by atoms with Crippen LogP contribution in [0.15, 0.2) is 47.7 Å². The van der Waals surface area contributed by atoms with Gasteiger partial charge in [0.15, 0.2) is 0 Å². The van der Waals surface area contributed by atoms with Crippen molar-refractivity contribution >= 4 is 22.9 Å². The van der Waals surface area contributed by atoms with Crippen molar-refractivity contribution in [2.75, 3.05) is 5.32 Å². The molecule has 0 saturated heterocycles. The molecule has 0 aliphatic carbocycles. The van der Waals surface area contributed by atoms with Crippen molar-refractivity contribution in [3.63, 3.8) is 0 Å². The molecule has 3 aromatic heterocycles. The number of amides is 1. The molecule has 7 nitrogen and oxygen atoms in total. The SMILES string of the molecule is O=C(C[C@@H](c1ccsc1)n1cnnn1)Nc1cccnc1. The van der Waals surface area contributed by atoms with Gasteiger partial charge in [-0.3, -0.25) is 9.78 Å². The summed E-state index contributed by atoms with van der Waals surface area (Å²) in [4.78, 5) is 16.2. The summed E-state index contributed by atoms with van der Waals surface area (Å²) in [6.45, 7) is 0. The van der Waals surface area contributed by atoms with E-state index in [1.165, 1.54) is 6.33 Å². The maximum atomic E-state index is 12.2. The molecule has 3 aromatic rings. The fourth-order valence-electron chi connectivity index (χ4n) is 1.96. The van der Waals surface area contributed by atoms with Gasteiger partial charge >= 0.3 is 0 Å². The van der Waals surface area contributed by atoms with Gasteiger partial charge in [0.1, 0.15) is 6.33 Å². The molecule has 1 atom stereocenters. The third-order valence-corrected chi connectivity index (χ3v) is 3.64. The maximum Gasteiger partial charge on any atom is 0.226 e. The number of pyridine rings is 1. The second-order valence-corrected chi connectivity index (χ2v) is 5.14. The molecule has 0 saturated carbocycles. The van der Waals surface area contributed by atoms with Gasteiger partial charge in [0, 0.05) is 6.20 Å². The Morgan fingerprint density at radius 3 is 3.05 bits per heavy atom. The first-order chi connectivity index (χ1) is 10.3. The number of anilines is 1. The first kappa shape index (κ1) is 13.4. The smallest absolute Gasteiger partial charge is 0.226 e. The van der Waals surface area contributed by atoms with Crippen LogP contribution in [-0.4, -0.2) is 31.1 Å². The number of nitrogens with zero attached hydrogens (tertiary/aromatic N) is 5. The fraction of sp³-hybridized carbons (Fsp3) is 0.154. The lowest BCUT2D eigenvalue weighted by Crippen LogP contribution is -2.20.